The molecule has 31 heavy (non-hydrogen) atoms. The quantitative estimate of drug-likeness (QED) is 0.520. The molecule has 0 aliphatic heterocycles. The van der Waals surface area contributed by atoms with E-state index in [9.17, 15) is 10.2 Å². The van der Waals surface area contributed by atoms with Crippen LogP contribution in [0.3, 0.4) is 0 Å². The monoisotopic (exact) mass is 422 g/mol. The Morgan fingerprint density at radius 3 is 2.35 bits per heavy atom. The molecule has 2 heteroatoms. The Labute approximate surface area is 189 Å². The minimum atomic E-state index is -0.618. The zero-order chi connectivity index (χ0) is 22.6. The normalized spacial score (nSPS) is 45.6. The van der Waals surface area contributed by atoms with Crippen LogP contribution in [0.4, 0.5) is 0 Å². The third-order valence-electron chi connectivity index (χ3n) is 11.4. The third kappa shape index (κ3) is 2.53. The lowest BCUT2D eigenvalue weighted by Gasteiger charge is -2.69. The van der Waals surface area contributed by atoms with E-state index >= 15 is 0 Å². The molecule has 2 N–H and O–H groups in total. The fourth-order valence-electron chi connectivity index (χ4n) is 9.29. The highest BCUT2D eigenvalue weighted by Crippen LogP contribution is 2.73. The predicted octanol–water partition coefficient (Wildman–Crippen LogP) is 6.23. The largest absolute Gasteiger partial charge is 0.390 e. The van der Waals surface area contributed by atoms with Gasteiger partial charge in [0, 0.05) is 0 Å². The van der Waals surface area contributed by atoms with Gasteiger partial charge in [-0.15, -0.1) is 0 Å². The van der Waals surface area contributed by atoms with Crippen LogP contribution in [0.2, 0.25) is 0 Å². The smallest absolute Gasteiger partial charge is 0.0852 e. The van der Waals surface area contributed by atoms with Crippen molar-refractivity contribution in [3.63, 3.8) is 0 Å². The van der Waals surface area contributed by atoms with Crippen molar-refractivity contribution in [2.45, 2.75) is 99.2 Å². The minimum Gasteiger partial charge on any atom is -0.390 e. The van der Waals surface area contributed by atoms with Crippen LogP contribution in [0.25, 0.3) is 5.57 Å². The summed E-state index contributed by atoms with van der Waals surface area (Å²) in [5.74, 6) is 0.996. The molecule has 4 aliphatic carbocycles. The van der Waals surface area contributed by atoms with Crippen LogP contribution in [0.1, 0.15) is 89.0 Å². The Morgan fingerprint density at radius 2 is 1.65 bits per heavy atom. The Hall–Kier alpha value is -1.12. The molecule has 0 radical (unpaired) electrons. The van der Waals surface area contributed by atoms with Crippen molar-refractivity contribution < 1.29 is 10.2 Å². The first-order valence-electron chi connectivity index (χ1n) is 12.5. The molecule has 2 unspecified atom stereocenters. The van der Waals surface area contributed by atoms with Gasteiger partial charge in [-0.1, -0.05) is 52.8 Å². The van der Waals surface area contributed by atoms with Gasteiger partial charge in [-0.3, -0.25) is 0 Å². The number of allylic oxidation sites excluding steroid dienone is 2. The standard InChI is InChI=1S/C29H42O2/c1-17-8-9-19-12-14-28(6)20(24(19)18(17)2)10-11-23-27(5)16-21(30)25(31)26(3,4)22(27)13-15-29(23,28)7/h8-10,21-23,25,30-31H,11-16H2,1-7H3/t21-,22?,23?,25+,27+,28-,29-/m1/s1. The second kappa shape index (κ2) is 6.48. The fraction of sp³-hybridized carbons (Fsp3) is 0.724. The highest BCUT2D eigenvalue weighted by Gasteiger charge is 2.67. The molecular weight excluding hydrogens is 380 g/mol. The van der Waals surface area contributed by atoms with Crippen molar-refractivity contribution in [1.29, 1.82) is 0 Å². The molecule has 0 saturated heterocycles. The molecule has 2 fully saturated rings. The molecule has 1 aromatic rings. The Balaban J connectivity index is 1.66. The van der Waals surface area contributed by atoms with E-state index in [1.165, 1.54) is 36.0 Å². The number of hydrogen-bond donors (Lipinski definition) is 2. The van der Waals surface area contributed by atoms with Crippen LogP contribution in [0.15, 0.2) is 18.2 Å². The van der Waals surface area contributed by atoms with Gasteiger partial charge in [0.2, 0.25) is 0 Å². The number of rotatable bonds is 0. The molecule has 7 atom stereocenters. The molecule has 0 spiro atoms. The van der Waals surface area contributed by atoms with Crippen LogP contribution in [-0.2, 0) is 6.42 Å². The Kier molecular flexibility index (Phi) is 4.53. The minimum absolute atomic E-state index is 0.0577. The Bertz CT molecular complexity index is 958. The molecule has 4 aliphatic rings. The summed E-state index contributed by atoms with van der Waals surface area (Å²) in [6, 6.07) is 4.67. The van der Waals surface area contributed by atoms with Gasteiger partial charge >= 0.3 is 0 Å². The lowest BCUT2D eigenvalue weighted by molar-refractivity contribution is -0.224. The molecule has 2 nitrogen and oxygen atoms in total. The first-order chi connectivity index (χ1) is 14.4. The lowest BCUT2D eigenvalue weighted by atomic mass is 9.35. The number of aliphatic hydroxyl groups is 2. The van der Waals surface area contributed by atoms with Crippen molar-refractivity contribution in [2.75, 3.05) is 0 Å². The molecule has 1 aromatic carbocycles. The molecule has 0 bridgehead atoms. The van der Waals surface area contributed by atoms with Crippen LogP contribution in [0.5, 0.6) is 0 Å². The van der Waals surface area contributed by atoms with Gasteiger partial charge in [-0.2, -0.15) is 0 Å². The molecule has 2 saturated carbocycles. The highest BCUT2D eigenvalue weighted by atomic mass is 16.3. The summed E-state index contributed by atoms with van der Waals surface area (Å²) in [5, 5.41) is 21.8. The molecule has 0 heterocycles. The van der Waals surface area contributed by atoms with Crippen molar-refractivity contribution in [2.24, 2.45) is 33.5 Å². The summed E-state index contributed by atoms with van der Waals surface area (Å²) < 4.78 is 0. The summed E-state index contributed by atoms with van der Waals surface area (Å²) in [6.45, 7) is 16.5. The fourth-order valence-corrected chi connectivity index (χ4v) is 9.29. The zero-order valence-electron chi connectivity index (χ0n) is 20.7. The van der Waals surface area contributed by atoms with Gasteiger partial charge < -0.3 is 10.2 Å². The number of benzene rings is 1. The van der Waals surface area contributed by atoms with E-state index in [4.69, 9.17) is 0 Å². The number of aliphatic hydroxyl groups excluding tert-OH is 2. The first kappa shape index (κ1) is 21.7. The molecular formula is C29H42O2. The van der Waals surface area contributed by atoms with Gasteiger partial charge in [0.1, 0.15) is 0 Å². The van der Waals surface area contributed by atoms with E-state index in [2.05, 4.69) is 66.7 Å². The van der Waals surface area contributed by atoms with Crippen molar-refractivity contribution in [3.8, 4) is 0 Å². The van der Waals surface area contributed by atoms with Crippen molar-refractivity contribution >= 4 is 5.57 Å². The molecule has 5 rings (SSSR count). The summed E-state index contributed by atoms with van der Waals surface area (Å²) in [4.78, 5) is 0. The second-order valence-electron chi connectivity index (χ2n) is 12.8. The molecule has 0 aromatic heterocycles. The van der Waals surface area contributed by atoms with Gasteiger partial charge in [0.05, 0.1) is 12.2 Å². The summed E-state index contributed by atoms with van der Waals surface area (Å²) in [7, 11) is 0. The average Bonchev–Trinajstić information content (AvgIpc) is 2.69. The van der Waals surface area contributed by atoms with Crippen LogP contribution < -0.4 is 0 Å². The van der Waals surface area contributed by atoms with Crippen LogP contribution in [0, 0.1) is 47.3 Å². The first-order valence-corrected chi connectivity index (χ1v) is 12.5. The Morgan fingerprint density at radius 1 is 0.935 bits per heavy atom. The van der Waals surface area contributed by atoms with Gasteiger partial charge in [-0.25, -0.2) is 0 Å². The topological polar surface area (TPSA) is 40.5 Å². The SMILES string of the molecule is Cc1ccc2c(c1C)C1=CCC3[C@@]4(C)C[C@@H](O)[C@H](O)C(C)(C)C4CC[C@@]3(C)[C@]1(C)CC2. The average molecular weight is 423 g/mol. The summed E-state index contributed by atoms with van der Waals surface area (Å²) >= 11 is 0. The van der Waals surface area contributed by atoms with E-state index in [-0.39, 0.29) is 21.7 Å². The summed E-state index contributed by atoms with van der Waals surface area (Å²) in [6.07, 6.45) is 7.95. The van der Waals surface area contributed by atoms with E-state index in [1.807, 2.05) is 0 Å². The van der Waals surface area contributed by atoms with Crippen LogP contribution >= 0.6 is 0 Å². The van der Waals surface area contributed by atoms with Gasteiger partial charge in [0.25, 0.3) is 0 Å². The van der Waals surface area contributed by atoms with E-state index in [0.717, 1.165) is 19.3 Å². The number of hydrogen-bond acceptors (Lipinski definition) is 2. The predicted molar refractivity (Wildman–Crippen MR) is 128 cm³/mol. The van der Waals surface area contributed by atoms with Crippen LogP contribution in [-0.4, -0.2) is 22.4 Å². The van der Waals surface area contributed by atoms with E-state index < -0.39 is 12.2 Å². The summed E-state index contributed by atoms with van der Waals surface area (Å²) in [5.41, 5.74) is 7.74. The molecule has 170 valence electrons. The maximum absolute atomic E-state index is 10.9. The maximum Gasteiger partial charge on any atom is 0.0852 e. The second-order valence-corrected chi connectivity index (χ2v) is 12.8. The lowest BCUT2D eigenvalue weighted by Crippen LogP contribution is -2.65. The highest BCUT2D eigenvalue weighted by molar-refractivity contribution is 5.79. The van der Waals surface area contributed by atoms with E-state index in [0.29, 0.717) is 11.8 Å². The third-order valence-corrected chi connectivity index (χ3v) is 11.4. The van der Waals surface area contributed by atoms with Crippen molar-refractivity contribution in [1.82, 2.24) is 0 Å². The zero-order valence-corrected chi connectivity index (χ0v) is 20.7. The number of aryl methyl sites for hydroxylation is 2. The maximum atomic E-state index is 10.9. The molecule has 0 amide bonds. The van der Waals surface area contributed by atoms with Gasteiger partial charge in [-0.05, 0) is 114 Å². The van der Waals surface area contributed by atoms with Crippen molar-refractivity contribution in [3.05, 3.63) is 40.5 Å². The number of fused-ring (bicyclic) bond motifs is 7. The van der Waals surface area contributed by atoms with Gasteiger partial charge in [0.15, 0.2) is 0 Å². The van der Waals surface area contributed by atoms with E-state index in [1.54, 1.807) is 11.1 Å².